The van der Waals surface area contributed by atoms with E-state index in [4.69, 9.17) is 4.74 Å². The van der Waals surface area contributed by atoms with Gasteiger partial charge in [-0.25, -0.2) is 0 Å². The SMILES string of the molecule is CCCC1CCC(C(O)CCOC2CCCCC2)CC1. The number of aliphatic hydroxyl groups excluding tert-OH is 1. The predicted octanol–water partition coefficient (Wildman–Crippen LogP) is 4.69. The molecule has 0 aliphatic heterocycles. The second kappa shape index (κ2) is 9.04. The molecule has 0 saturated heterocycles. The molecule has 0 bridgehead atoms. The Balaban J connectivity index is 1.56. The molecule has 0 spiro atoms. The highest BCUT2D eigenvalue weighted by Gasteiger charge is 2.26. The van der Waals surface area contributed by atoms with Crippen LogP contribution in [0.1, 0.15) is 84.0 Å². The molecule has 1 N–H and O–H groups in total. The first-order chi connectivity index (χ1) is 9.79. The fourth-order valence-electron chi connectivity index (χ4n) is 4.09. The van der Waals surface area contributed by atoms with E-state index in [-0.39, 0.29) is 6.10 Å². The van der Waals surface area contributed by atoms with Crippen LogP contribution in [0.3, 0.4) is 0 Å². The number of hydrogen-bond donors (Lipinski definition) is 1. The first-order valence-electron chi connectivity index (χ1n) is 9.09. The average Bonchev–Trinajstić information content (AvgIpc) is 2.49. The lowest BCUT2D eigenvalue weighted by Crippen LogP contribution is -2.28. The predicted molar refractivity (Wildman–Crippen MR) is 83.8 cm³/mol. The van der Waals surface area contributed by atoms with Crippen molar-refractivity contribution in [3.05, 3.63) is 0 Å². The highest BCUT2D eigenvalue weighted by molar-refractivity contribution is 4.77. The van der Waals surface area contributed by atoms with E-state index in [1.165, 1.54) is 70.6 Å². The highest BCUT2D eigenvalue weighted by atomic mass is 16.5. The molecule has 0 amide bonds. The van der Waals surface area contributed by atoms with E-state index in [1.807, 2.05) is 0 Å². The van der Waals surface area contributed by atoms with Gasteiger partial charge in [0.25, 0.3) is 0 Å². The van der Waals surface area contributed by atoms with Gasteiger partial charge in [0.2, 0.25) is 0 Å². The summed E-state index contributed by atoms with van der Waals surface area (Å²) in [5.74, 6) is 1.47. The van der Waals surface area contributed by atoms with Crippen molar-refractivity contribution in [1.82, 2.24) is 0 Å². The molecule has 0 aromatic carbocycles. The van der Waals surface area contributed by atoms with Crippen LogP contribution in [0.15, 0.2) is 0 Å². The Morgan fingerprint density at radius 2 is 1.70 bits per heavy atom. The van der Waals surface area contributed by atoms with Gasteiger partial charge in [-0.3, -0.25) is 0 Å². The van der Waals surface area contributed by atoms with E-state index >= 15 is 0 Å². The third-order valence-corrected chi connectivity index (χ3v) is 5.45. The van der Waals surface area contributed by atoms with Gasteiger partial charge in [-0.05, 0) is 43.9 Å². The monoisotopic (exact) mass is 282 g/mol. The largest absolute Gasteiger partial charge is 0.393 e. The molecule has 20 heavy (non-hydrogen) atoms. The molecule has 2 saturated carbocycles. The lowest BCUT2D eigenvalue weighted by molar-refractivity contribution is -0.00799. The summed E-state index contributed by atoms with van der Waals surface area (Å²) < 4.78 is 5.94. The number of aliphatic hydroxyl groups is 1. The van der Waals surface area contributed by atoms with Crippen LogP contribution in [0, 0.1) is 11.8 Å². The Hall–Kier alpha value is -0.0800. The molecule has 0 aromatic heterocycles. The van der Waals surface area contributed by atoms with Crippen molar-refractivity contribution < 1.29 is 9.84 Å². The zero-order valence-electron chi connectivity index (χ0n) is 13.4. The van der Waals surface area contributed by atoms with Crippen molar-refractivity contribution in [2.75, 3.05) is 6.61 Å². The molecule has 1 unspecified atom stereocenters. The van der Waals surface area contributed by atoms with Gasteiger partial charge in [-0.15, -0.1) is 0 Å². The summed E-state index contributed by atoms with van der Waals surface area (Å²) >= 11 is 0. The molecule has 2 nitrogen and oxygen atoms in total. The minimum Gasteiger partial charge on any atom is -0.393 e. The molecule has 0 heterocycles. The molecular formula is C18H34O2. The molecular weight excluding hydrogens is 248 g/mol. The Bertz CT molecular complexity index is 240. The Morgan fingerprint density at radius 1 is 1.00 bits per heavy atom. The van der Waals surface area contributed by atoms with Crippen LogP contribution >= 0.6 is 0 Å². The average molecular weight is 282 g/mol. The lowest BCUT2D eigenvalue weighted by Gasteiger charge is -2.31. The summed E-state index contributed by atoms with van der Waals surface area (Å²) in [7, 11) is 0. The first kappa shape index (κ1) is 16.3. The van der Waals surface area contributed by atoms with Crippen LogP contribution in [0.2, 0.25) is 0 Å². The number of hydrogen-bond acceptors (Lipinski definition) is 2. The molecule has 2 rings (SSSR count). The third-order valence-electron chi connectivity index (χ3n) is 5.45. The Labute approximate surface area is 125 Å². The maximum absolute atomic E-state index is 10.3. The van der Waals surface area contributed by atoms with E-state index in [0.717, 1.165) is 18.9 Å². The summed E-state index contributed by atoms with van der Waals surface area (Å²) in [5.41, 5.74) is 0. The van der Waals surface area contributed by atoms with E-state index < -0.39 is 0 Å². The van der Waals surface area contributed by atoms with Crippen LogP contribution in [-0.2, 0) is 4.74 Å². The van der Waals surface area contributed by atoms with E-state index in [1.54, 1.807) is 0 Å². The van der Waals surface area contributed by atoms with E-state index in [2.05, 4.69) is 6.92 Å². The zero-order valence-corrected chi connectivity index (χ0v) is 13.4. The van der Waals surface area contributed by atoms with Gasteiger partial charge in [0.1, 0.15) is 0 Å². The summed E-state index contributed by atoms with van der Waals surface area (Å²) in [6.07, 6.45) is 15.5. The molecule has 2 aliphatic carbocycles. The van der Waals surface area contributed by atoms with Crippen molar-refractivity contribution in [3.63, 3.8) is 0 Å². The van der Waals surface area contributed by atoms with Gasteiger partial charge in [0, 0.05) is 6.61 Å². The second-order valence-corrected chi connectivity index (χ2v) is 7.06. The lowest BCUT2D eigenvalue weighted by atomic mass is 9.77. The molecule has 1 atom stereocenters. The fraction of sp³-hybridized carbons (Fsp3) is 1.00. The minimum atomic E-state index is -0.124. The smallest absolute Gasteiger partial charge is 0.0590 e. The van der Waals surface area contributed by atoms with Crippen LogP contribution in [-0.4, -0.2) is 23.9 Å². The Kier molecular flexibility index (Phi) is 7.37. The van der Waals surface area contributed by atoms with Crippen molar-refractivity contribution in [2.45, 2.75) is 96.2 Å². The van der Waals surface area contributed by atoms with Gasteiger partial charge in [0.15, 0.2) is 0 Å². The molecule has 118 valence electrons. The van der Waals surface area contributed by atoms with Gasteiger partial charge in [0.05, 0.1) is 12.2 Å². The maximum Gasteiger partial charge on any atom is 0.0590 e. The zero-order chi connectivity index (χ0) is 14.2. The topological polar surface area (TPSA) is 29.5 Å². The standard InChI is InChI=1S/C18H34O2/c1-2-6-15-9-11-16(12-10-15)18(19)13-14-20-17-7-4-3-5-8-17/h15-19H,2-14H2,1H3. The summed E-state index contributed by atoms with van der Waals surface area (Å²) in [6.45, 7) is 3.05. The van der Waals surface area contributed by atoms with Gasteiger partial charge in [-0.2, -0.15) is 0 Å². The van der Waals surface area contributed by atoms with Crippen molar-refractivity contribution in [1.29, 1.82) is 0 Å². The normalized spacial score (nSPS) is 30.3. The molecule has 2 aliphatic rings. The third kappa shape index (κ3) is 5.37. The van der Waals surface area contributed by atoms with Gasteiger partial charge >= 0.3 is 0 Å². The van der Waals surface area contributed by atoms with Crippen molar-refractivity contribution >= 4 is 0 Å². The maximum atomic E-state index is 10.3. The highest BCUT2D eigenvalue weighted by Crippen LogP contribution is 2.34. The van der Waals surface area contributed by atoms with E-state index in [9.17, 15) is 5.11 Å². The summed E-state index contributed by atoms with van der Waals surface area (Å²) in [5, 5.41) is 10.3. The Morgan fingerprint density at radius 3 is 2.35 bits per heavy atom. The molecule has 2 heteroatoms. The minimum absolute atomic E-state index is 0.124. The van der Waals surface area contributed by atoms with Gasteiger partial charge < -0.3 is 9.84 Å². The molecule has 0 aromatic rings. The van der Waals surface area contributed by atoms with Crippen LogP contribution in [0.4, 0.5) is 0 Å². The molecule has 0 radical (unpaired) electrons. The first-order valence-corrected chi connectivity index (χ1v) is 9.09. The van der Waals surface area contributed by atoms with Crippen LogP contribution in [0.25, 0.3) is 0 Å². The van der Waals surface area contributed by atoms with Crippen molar-refractivity contribution in [3.8, 4) is 0 Å². The number of rotatable bonds is 7. The summed E-state index contributed by atoms with van der Waals surface area (Å²) in [6, 6.07) is 0. The summed E-state index contributed by atoms with van der Waals surface area (Å²) in [4.78, 5) is 0. The van der Waals surface area contributed by atoms with E-state index in [0.29, 0.717) is 12.0 Å². The van der Waals surface area contributed by atoms with Gasteiger partial charge in [-0.1, -0.05) is 51.9 Å². The van der Waals surface area contributed by atoms with Crippen molar-refractivity contribution in [2.24, 2.45) is 11.8 Å². The second-order valence-electron chi connectivity index (χ2n) is 7.06. The van der Waals surface area contributed by atoms with Crippen LogP contribution in [0.5, 0.6) is 0 Å². The quantitative estimate of drug-likeness (QED) is 0.734. The van der Waals surface area contributed by atoms with Crippen LogP contribution < -0.4 is 0 Å². The fourth-order valence-corrected chi connectivity index (χ4v) is 4.09. The molecule has 2 fully saturated rings. The number of ether oxygens (including phenoxy) is 1.